The predicted octanol–water partition coefficient (Wildman–Crippen LogP) is 1.52. The van der Waals surface area contributed by atoms with E-state index < -0.39 is 0 Å². The summed E-state index contributed by atoms with van der Waals surface area (Å²) in [6.07, 6.45) is 3.07. The molecule has 0 unspecified atom stereocenters. The van der Waals surface area contributed by atoms with Crippen LogP contribution >= 0.6 is 0 Å². The number of carbonyl (C=O) groups excluding carboxylic acids is 3. The molecule has 1 rings (SSSR count). The van der Waals surface area contributed by atoms with Crippen LogP contribution in [0.25, 0.3) is 0 Å². The predicted molar refractivity (Wildman–Crippen MR) is 102 cm³/mol. The Balaban J connectivity index is 2.65. The first-order valence-corrected chi connectivity index (χ1v) is 8.80. The minimum atomic E-state index is -0.226. The van der Waals surface area contributed by atoms with Gasteiger partial charge in [0.25, 0.3) is 0 Å². The zero-order valence-corrected chi connectivity index (χ0v) is 16.0. The third-order valence-electron chi connectivity index (χ3n) is 4.18. The van der Waals surface area contributed by atoms with E-state index in [-0.39, 0.29) is 30.3 Å². The summed E-state index contributed by atoms with van der Waals surface area (Å²) in [7, 11) is 1.68. The number of hydrogen-bond donors (Lipinski definition) is 2. The molecule has 3 amide bonds. The fourth-order valence-electron chi connectivity index (χ4n) is 2.61. The Morgan fingerprint density at radius 2 is 1.85 bits per heavy atom. The van der Waals surface area contributed by atoms with Crippen molar-refractivity contribution in [2.75, 3.05) is 20.1 Å². The van der Waals surface area contributed by atoms with Gasteiger partial charge in [0.05, 0.1) is 12.6 Å². The van der Waals surface area contributed by atoms with Gasteiger partial charge in [0.1, 0.15) is 0 Å². The van der Waals surface area contributed by atoms with Gasteiger partial charge in [-0.2, -0.15) is 0 Å². The van der Waals surface area contributed by atoms with Gasteiger partial charge in [0, 0.05) is 19.2 Å². The molecular formula is C20H29N3O3. The van der Waals surface area contributed by atoms with Gasteiger partial charge in [-0.3, -0.25) is 14.4 Å². The maximum Gasteiger partial charge on any atom is 0.246 e. The summed E-state index contributed by atoms with van der Waals surface area (Å²) in [6.45, 7) is 6.21. The van der Waals surface area contributed by atoms with Gasteiger partial charge in [0.2, 0.25) is 18.2 Å². The lowest BCUT2D eigenvalue weighted by atomic mass is 9.99. The molecule has 0 aliphatic carbocycles. The molecule has 0 radical (unpaired) electrons. The summed E-state index contributed by atoms with van der Waals surface area (Å²) in [5.41, 5.74) is 1.74. The molecule has 0 aliphatic rings. The zero-order valence-electron chi connectivity index (χ0n) is 16.0. The molecule has 142 valence electrons. The quantitative estimate of drug-likeness (QED) is 0.491. The van der Waals surface area contributed by atoms with E-state index in [0.29, 0.717) is 18.5 Å². The average molecular weight is 359 g/mol. The van der Waals surface area contributed by atoms with Crippen molar-refractivity contribution in [3.63, 3.8) is 0 Å². The van der Waals surface area contributed by atoms with E-state index in [0.717, 1.165) is 6.42 Å². The van der Waals surface area contributed by atoms with Crippen LogP contribution in [-0.2, 0) is 20.8 Å². The van der Waals surface area contributed by atoms with Crippen LogP contribution in [0.4, 0.5) is 0 Å². The molecule has 1 aromatic carbocycles. The summed E-state index contributed by atoms with van der Waals surface area (Å²) in [4.78, 5) is 36.3. The molecule has 1 atom stereocenters. The van der Waals surface area contributed by atoms with Gasteiger partial charge in [-0.05, 0) is 24.8 Å². The Bertz CT molecular complexity index is 626. The molecule has 0 fully saturated rings. The number of nitrogens with zero attached hydrogens (tertiary/aromatic N) is 1. The fraction of sp³-hybridized carbons (Fsp3) is 0.450. The summed E-state index contributed by atoms with van der Waals surface area (Å²) < 4.78 is 0. The molecule has 0 spiro atoms. The summed E-state index contributed by atoms with van der Waals surface area (Å²) in [5.74, 6) is -0.213. The van der Waals surface area contributed by atoms with Crippen LogP contribution in [0.3, 0.4) is 0 Å². The van der Waals surface area contributed by atoms with Crippen molar-refractivity contribution in [3.05, 3.63) is 47.5 Å². The molecular weight excluding hydrogens is 330 g/mol. The van der Waals surface area contributed by atoms with E-state index >= 15 is 0 Å². The van der Waals surface area contributed by atoms with Crippen molar-refractivity contribution in [3.8, 4) is 0 Å². The van der Waals surface area contributed by atoms with Crippen molar-refractivity contribution in [1.29, 1.82) is 0 Å². The van der Waals surface area contributed by atoms with Gasteiger partial charge in [-0.1, -0.05) is 50.3 Å². The van der Waals surface area contributed by atoms with Crippen molar-refractivity contribution in [2.45, 2.75) is 33.2 Å². The zero-order chi connectivity index (χ0) is 19.5. The van der Waals surface area contributed by atoms with Crippen molar-refractivity contribution in [1.82, 2.24) is 15.5 Å². The van der Waals surface area contributed by atoms with Gasteiger partial charge in [-0.15, -0.1) is 0 Å². The smallest absolute Gasteiger partial charge is 0.246 e. The Labute approximate surface area is 155 Å². The standard InChI is InChI=1S/C20H29N3O3/c1-15(2)18(23(4)19(25)13-21-14-24)12-16(3)20(26)22-11-10-17-8-6-5-7-9-17/h5-9,12,14-15,18H,10-11,13H2,1-4H3,(H,21,24)(H,22,26)/b16-12+/t18-/m1/s1. The van der Waals surface area contributed by atoms with Crippen LogP contribution < -0.4 is 10.6 Å². The second-order valence-corrected chi connectivity index (χ2v) is 6.58. The van der Waals surface area contributed by atoms with E-state index in [4.69, 9.17) is 0 Å². The molecule has 0 bridgehead atoms. The first-order chi connectivity index (χ1) is 12.4. The highest BCUT2D eigenvalue weighted by Crippen LogP contribution is 2.13. The number of nitrogens with one attached hydrogen (secondary N) is 2. The second-order valence-electron chi connectivity index (χ2n) is 6.58. The van der Waals surface area contributed by atoms with Crippen LogP contribution in [-0.4, -0.2) is 49.3 Å². The van der Waals surface area contributed by atoms with Gasteiger partial charge >= 0.3 is 0 Å². The largest absolute Gasteiger partial charge is 0.352 e. The topological polar surface area (TPSA) is 78.5 Å². The van der Waals surface area contributed by atoms with E-state index in [9.17, 15) is 14.4 Å². The van der Waals surface area contributed by atoms with Gasteiger partial charge in [-0.25, -0.2) is 0 Å². The van der Waals surface area contributed by atoms with Crippen molar-refractivity contribution < 1.29 is 14.4 Å². The Hall–Kier alpha value is -2.63. The second kappa shape index (κ2) is 11.1. The third kappa shape index (κ3) is 7.09. The Morgan fingerprint density at radius 1 is 1.19 bits per heavy atom. The van der Waals surface area contributed by atoms with E-state index in [2.05, 4.69) is 10.6 Å². The molecule has 0 heterocycles. The Morgan fingerprint density at radius 3 is 2.42 bits per heavy atom. The lowest BCUT2D eigenvalue weighted by Gasteiger charge is -2.29. The molecule has 26 heavy (non-hydrogen) atoms. The number of benzene rings is 1. The number of carbonyl (C=O) groups is 3. The SMILES string of the molecule is C/C(=C\[C@H](C(C)C)N(C)C(=O)CNC=O)C(=O)NCCc1ccccc1. The number of hydrogen-bond acceptors (Lipinski definition) is 3. The highest BCUT2D eigenvalue weighted by molar-refractivity contribution is 5.93. The van der Waals surface area contributed by atoms with Crippen LogP contribution in [0.2, 0.25) is 0 Å². The minimum Gasteiger partial charge on any atom is -0.352 e. The van der Waals surface area contributed by atoms with Crippen LogP contribution in [0.1, 0.15) is 26.3 Å². The molecule has 1 aromatic rings. The monoisotopic (exact) mass is 359 g/mol. The highest BCUT2D eigenvalue weighted by Gasteiger charge is 2.22. The van der Waals surface area contributed by atoms with Crippen LogP contribution in [0.15, 0.2) is 42.0 Å². The van der Waals surface area contributed by atoms with Gasteiger partial charge in [0.15, 0.2) is 0 Å². The maximum atomic E-state index is 12.3. The van der Waals surface area contributed by atoms with E-state index in [1.54, 1.807) is 24.9 Å². The fourth-order valence-corrected chi connectivity index (χ4v) is 2.61. The molecule has 2 N–H and O–H groups in total. The molecule has 0 saturated carbocycles. The summed E-state index contributed by atoms with van der Waals surface area (Å²) in [5, 5.41) is 5.28. The molecule has 0 aromatic heterocycles. The lowest BCUT2D eigenvalue weighted by molar-refractivity contribution is -0.132. The third-order valence-corrected chi connectivity index (χ3v) is 4.18. The summed E-state index contributed by atoms with van der Waals surface area (Å²) in [6, 6.07) is 9.73. The number of amides is 3. The summed E-state index contributed by atoms with van der Waals surface area (Å²) >= 11 is 0. The average Bonchev–Trinajstić information content (AvgIpc) is 2.63. The lowest BCUT2D eigenvalue weighted by Crippen LogP contribution is -2.43. The normalized spacial score (nSPS) is 12.4. The van der Waals surface area contributed by atoms with E-state index in [1.165, 1.54) is 5.56 Å². The Kier molecular flexibility index (Phi) is 9.12. The van der Waals surface area contributed by atoms with E-state index in [1.807, 2.05) is 44.2 Å². The minimum absolute atomic E-state index is 0.0562. The van der Waals surface area contributed by atoms with Crippen molar-refractivity contribution in [2.24, 2.45) is 5.92 Å². The number of rotatable bonds is 10. The molecule has 6 nitrogen and oxygen atoms in total. The maximum absolute atomic E-state index is 12.3. The van der Waals surface area contributed by atoms with Crippen LogP contribution in [0, 0.1) is 5.92 Å². The molecule has 6 heteroatoms. The molecule has 0 aliphatic heterocycles. The first-order valence-electron chi connectivity index (χ1n) is 8.80. The first kappa shape index (κ1) is 21.4. The molecule has 0 saturated heterocycles. The van der Waals surface area contributed by atoms with Gasteiger partial charge < -0.3 is 15.5 Å². The number of likely N-dealkylation sites (N-methyl/N-ethyl adjacent to an activating group) is 1. The highest BCUT2D eigenvalue weighted by atomic mass is 16.2. The van der Waals surface area contributed by atoms with Crippen LogP contribution in [0.5, 0.6) is 0 Å². The van der Waals surface area contributed by atoms with Crippen molar-refractivity contribution >= 4 is 18.2 Å².